The molecule has 0 N–H and O–H groups in total. The molecular formula is C14H7ClN2S2. The molecule has 0 aliphatic rings. The molecule has 2 nitrogen and oxygen atoms in total. The van der Waals surface area contributed by atoms with Gasteiger partial charge in [-0.1, -0.05) is 17.7 Å². The fraction of sp³-hybridized carbons (Fsp3) is 0. The van der Waals surface area contributed by atoms with Crippen LogP contribution in [0.3, 0.4) is 0 Å². The summed E-state index contributed by atoms with van der Waals surface area (Å²) in [7, 11) is 0. The summed E-state index contributed by atoms with van der Waals surface area (Å²) >= 11 is 9.05. The molecule has 0 bridgehead atoms. The predicted octanol–water partition coefficient (Wildman–Crippen LogP) is 5.08. The quantitative estimate of drug-likeness (QED) is 0.619. The Kier molecular flexibility index (Phi) is 3.34. The third-order valence-corrected chi connectivity index (χ3v) is 4.65. The molecule has 0 saturated heterocycles. The minimum atomic E-state index is 0.583. The van der Waals surface area contributed by atoms with E-state index in [0.717, 1.165) is 20.1 Å². The third-order valence-electron chi connectivity index (χ3n) is 2.53. The Labute approximate surface area is 123 Å². The number of benzene rings is 1. The smallest absolute Gasteiger partial charge is 0.135 e. The van der Waals surface area contributed by atoms with E-state index in [4.69, 9.17) is 11.6 Å². The number of hydrogen-bond donors (Lipinski definition) is 0. The van der Waals surface area contributed by atoms with Gasteiger partial charge < -0.3 is 0 Å². The Morgan fingerprint density at radius 1 is 1.37 bits per heavy atom. The van der Waals surface area contributed by atoms with Gasteiger partial charge in [-0.3, -0.25) is 0 Å². The van der Waals surface area contributed by atoms with Gasteiger partial charge in [-0.25, -0.2) is 4.98 Å². The van der Waals surface area contributed by atoms with Crippen molar-refractivity contribution in [2.75, 3.05) is 0 Å². The highest BCUT2D eigenvalue weighted by Crippen LogP contribution is 2.30. The maximum Gasteiger partial charge on any atom is 0.135 e. The molecule has 0 atom stereocenters. The van der Waals surface area contributed by atoms with Gasteiger partial charge >= 0.3 is 0 Å². The molecule has 0 spiro atoms. The van der Waals surface area contributed by atoms with Gasteiger partial charge in [0.1, 0.15) is 11.1 Å². The Bertz CT molecular complexity index is 795. The summed E-state index contributed by atoms with van der Waals surface area (Å²) in [6.45, 7) is 0. The van der Waals surface area contributed by atoms with E-state index in [-0.39, 0.29) is 0 Å². The normalized spacial score (nSPS) is 11.7. The fourth-order valence-electron chi connectivity index (χ4n) is 1.67. The summed E-state index contributed by atoms with van der Waals surface area (Å²) in [6, 6.07) is 11.7. The van der Waals surface area contributed by atoms with Crippen LogP contribution in [0.2, 0.25) is 5.02 Å². The largest absolute Gasteiger partial charge is 0.235 e. The highest BCUT2D eigenvalue weighted by Gasteiger charge is 2.09. The van der Waals surface area contributed by atoms with Crippen LogP contribution < -0.4 is 0 Å². The van der Waals surface area contributed by atoms with Gasteiger partial charge in [-0.15, -0.1) is 22.7 Å². The first-order valence-corrected chi connectivity index (χ1v) is 7.55. The maximum atomic E-state index is 9.28. The van der Waals surface area contributed by atoms with E-state index < -0.39 is 0 Å². The molecule has 0 fully saturated rings. The van der Waals surface area contributed by atoms with E-state index in [1.807, 2.05) is 41.8 Å². The molecule has 3 rings (SSSR count). The topological polar surface area (TPSA) is 36.7 Å². The number of thiazole rings is 1. The van der Waals surface area contributed by atoms with Crippen LogP contribution in [0.1, 0.15) is 9.88 Å². The molecular weight excluding hydrogens is 296 g/mol. The summed E-state index contributed by atoms with van der Waals surface area (Å²) in [5.74, 6) is 0. The molecule has 0 amide bonds. The molecule has 19 heavy (non-hydrogen) atoms. The van der Waals surface area contributed by atoms with E-state index in [2.05, 4.69) is 11.1 Å². The SMILES string of the molecule is N#C/C(=C/c1cccs1)c1nc2cc(Cl)ccc2s1. The molecule has 0 radical (unpaired) electrons. The van der Waals surface area contributed by atoms with Crippen molar-refractivity contribution in [1.29, 1.82) is 5.26 Å². The summed E-state index contributed by atoms with van der Waals surface area (Å²) in [4.78, 5) is 5.52. The maximum absolute atomic E-state index is 9.28. The Morgan fingerprint density at radius 3 is 3.00 bits per heavy atom. The number of aromatic nitrogens is 1. The van der Waals surface area contributed by atoms with Crippen molar-refractivity contribution in [3.05, 3.63) is 50.6 Å². The van der Waals surface area contributed by atoms with Crippen LogP contribution in [-0.2, 0) is 0 Å². The highest BCUT2D eigenvalue weighted by atomic mass is 35.5. The first kappa shape index (κ1) is 12.4. The molecule has 0 aliphatic heterocycles. The van der Waals surface area contributed by atoms with Crippen molar-refractivity contribution in [3.63, 3.8) is 0 Å². The van der Waals surface area contributed by atoms with Crippen LogP contribution in [0, 0.1) is 11.3 Å². The van der Waals surface area contributed by atoms with E-state index in [0.29, 0.717) is 10.6 Å². The monoisotopic (exact) mass is 302 g/mol. The van der Waals surface area contributed by atoms with Crippen molar-refractivity contribution in [1.82, 2.24) is 4.98 Å². The van der Waals surface area contributed by atoms with Crippen LogP contribution in [0.4, 0.5) is 0 Å². The molecule has 0 saturated carbocycles. The standard InChI is InChI=1S/C14H7ClN2S2/c15-10-3-4-13-12(7-10)17-14(19-13)9(8-16)6-11-2-1-5-18-11/h1-7H/b9-6-. The van der Waals surface area contributed by atoms with E-state index in [1.54, 1.807) is 11.3 Å². The number of fused-ring (bicyclic) bond motifs is 1. The van der Waals surface area contributed by atoms with Crippen molar-refractivity contribution >= 4 is 56.1 Å². The van der Waals surface area contributed by atoms with Gasteiger partial charge in [-0.2, -0.15) is 5.26 Å². The molecule has 1 aromatic carbocycles. The number of hydrogen-bond acceptors (Lipinski definition) is 4. The average Bonchev–Trinajstić information content (AvgIpc) is 3.03. The Balaban J connectivity index is 2.10. The minimum absolute atomic E-state index is 0.583. The lowest BCUT2D eigenvalue weighted by molar-refractivity contribution is 1.44. The number of thiophene rings is 1. The predicted molar refractivity (Wildman–Crippen MR) is 82.4 cm³/mol. The van der Waals surface area contributed by atoms with Crippen LogP contribution in [0.15, 0.2) is 35.7 Å². The van der Waals surface area contributed by atoms with Crippen molar-refractivity contribution in [2.45, 2.75) is 0 Å². The highest BCUT2D eigenvalue weighted by molar-refractivity contribution is 7.19. The Hall–Kier alpha value is -1.67. The third kappa shape index (κ3) is 2.54. The lowest BCUT2D eigenvalue weighted by Crippen LogP contribution is -1.78. The number of halogens is 1. The van der Waals surface area contributed by atoms with Gasteiger partial charge in [0.2, 0.25) is 0 Å². The second kappa shape index (κ2) is 5.14. The van der Waals surface area contributed by atoms with Crippen LogP contribution in [0.5, 0.6) is 0 Å². The van der Waals surface area contributed by atoms with Gasteiger partial charge in [0, 0.05) is 9.90 Å². The minimum Gasteiger partial charge on any atom is -0.235 e. The molecule has 3 aromatic rings. The number of nitrogens with zero attached hydrogens (tertiary/aromatic N) is 2. The first-order valence-electron chi connectivity index (χ1n) is 5.48. The number of rotatable bonds is 2. The Morgan fingerprint density at radius 2 is 2.26 bits per heavy atom. The zero-order valence-corrected chi connectivity index (χ0v) is 12.0. The molecule has 92 valence electrons. The van der Waals surface area contributed by atoms with Crippen molar-refractivity contribution in [2.24, 2.45) is 0 Å². The van der Waals surface area contributed by atoms with Gasteiger partial charge in [0.05, 0.1) is 15.8 Å². The number of allylic oxidation sites excluding steroid dienone is 1. The fourth-order valence-corrected chi connectivity index (χ4v) is 3.41. The summed E-state index contributed by atoms with van der Waals surface area (Å²) in [6.07, 6.45) is 1.87. The molecule has 2 aromatic heterocycles. The summed E-state index contributed by atoms with van der Waals surface area (Å²) in [5, 5.41) is 12.7. The van der Waals surface area contributed by atoms with Crippen molar-refractivity contribution in [3.8, 4) is 6.07 Å². The van der Waals surface area contributed by atoms with Crippen molar-refractivity contribution < 1.29 is 0 Å². The van der Waals surface area contributed by atoms with E-state index in [1.165, 1.54) is 11.3 Å². The summed E-state index contributed by atoms with van der Waals surface area (Å²) in [5.41, 5.74) is 1.42. The second-order valence-corrected chi connectivity index (χ2v) is 6.26. The average molecular weight is 303 g/mol. The number of nitriles is 1. The lowest BCUT2D eigenvalue weighted by Gasteiger charge is -1.90. The zero-order valence-electron chi connectivity index (χ0n) is 9.63. The van der Waals surface area contributed by atoms with Crippen LogP contribution >= 0.6 is 34.3 Å². The molecule has 5 heteroatoms. The molecule has 2 heterocycles. The molecule has 0 aliphatic carbocycles. The van der Waals surface area contributed by atoms with E-state index in [9.17, 15) is 5.26 Å². The van der Waals surface area contributed by atoms with Gasteiger partial charge in [0.25, 0.3) is 0 Å². The summed E-state index contributed by atoms with van der Waals surface area (Å²) < 4.78 is 1.03. The van der Waals surface area contributed by atoms with Crippen LogP contribution in [-0.4, -0.2) is 4.98 Å². The zero-order chi connectivity index (χ0) is 13.2. The van der Waals surface area contributed by atoms with Gasteiger partial charge in [-0.05, 0) is 35.7 Å². The van der Waals surface area contributed by atoms with E-state index >= 15 is 0 Å². The lowest BCUT2D eigenvalue weighted by atomic mass is 10.2. The first-order chi connectivity index (χ1) is 9.26. The second-order valence-electron chi connectivity index (χ2n) is 3.82. The van der Waals surface area contributed by atoms with Gasteiger partial charge in [0.15, 0.2) is 0 Å². The van der Waals surface area contributed by atoms with Crippen LogP contribution in [0.25, 0.3) is 21.9 Å². The molecule has 0 unspecified atom stereocenters.